The number of thioether (sulfide) groups is 1. The lowest BCUT2D eigenvalue weighted by atomic mass is 10.2. The molecular formula is C22H22F2N4OS. The van der Waals surface area contributed by atoms with Crippen molar-refractivity contribution < 1.29 is 13.6 Å². The Morgan fingerprint density at radius 2 is 2.00 bits per heavy atom. The molecule has 1 heterocycles. The normalized spacial score (nSPS) is 10.8. The molecule has 0 fully saturated rings. The molecule has 0 aliphatic heterocycles. The molecule has 1 aromatic heterocycles. The van der Waals surface area contributed by atoms with E-state index in [1.54, 1.807) is 45.9 Å². The molecule has 5 nitrogen and oxygen atoms in total. The minimum Gasteiger partial charge on any atom is -0.338 e. The zero-order chi connectivity index (χ0) is 21.5. The van der Waals surface area contributed by atoms with Gasteiger partial charge in [-0.2, -0.15) is 0 Å². The zero-order valence-electron chi connectivity index (χ0n) is 16.6. The van der Waals surface area contributed by atoms with E-state index in [-0.39, 0.29) is 17.5 Å². The van der Waals surface area contributed by atoms with E-state index in [1.165, 1.54) is 30.0 Å². The lowest BCUT2D eigenvalue weighted by Gasteiger charge is -2.21. The highest BCUT2D eigenvalue weighted by molar-refractivity contribution is 7.99. The third kappa shape index (κ3) is 5.13. The number of carbonyl (C=O) groups is 1. The van der Waals surface area contributed by atoms with Crippen molar-refractivity contribution in [1.82, 2.24) is 19.7 Å². The van der Waals surface area contributed by atoms with Gasteiger partial charge in [-0.05, 0) is 36.8 Å². The van der Waals surface area contributed by atoms with Crippen LogP contribution in [0.3, 0.4) is 0 Å². The maximum Gasteiger partial charge on any atom is 0.233 e. The lowest BCUT2D eigenvalue weighted by molar-refractivity contribution is -0.128. The average Bonchev–Trinajstić information content (AvgIpc) is 3.13. The molecule has 30 heavy (non-hydrogen) atoms. The van der Waals surface area contributed by atoms with Gasteiger partial charge >= 0.3 is 0 Å². The van der Waals surface area contributed by atoms with E-state index in [0.717, 1.165) is 5.56 Å². The summed E-state index contributed by atoms with van der Waals surface area (Å²) in [5.74, 6) is -0.309. The highest BCUT2D eigenvalue weighted by Crippen LogP contribution is 2.26. The van der Waals surface area contributed by atoms with Crippen molar-refractivity contribution in [3.8, 4) is 11.4 Å². The molecule has 3 rings (SSSR count). The molecular weight excluding hydrogens is 406 g/mol. The maximum atomic E-state index is 14.2. The number of hydrogen-bond acceptors (Lipinski definition) is 4. The lowest BCUT2D eigenvalue weighted by Crippen LogP contribution is -2.31. The summed E-state index contributed by atoms with van der Waals surface area (Å²) in [6, 6.07) is 12.5. The second kappa shape index (κ2) is 10.2. The second-order valence-electron chi connectivity index (χ2n) is 6.51. The van der Waals surface area contributed by atoms with E-state index in [9.17, 15) is 13.6 Å². The van der Waals surface area contributed by atoms with E-state index in [4.69, 9.17) is 0 Å². The fraction of sp³-hybridized carbons (Fsp3) is 0.227. The molecule has 0 bridgehead atoms. The van der Waals surface area contributed by atoms with Crippen LogP contribution in [0.1, 0.15) is 12.5 Å². The van der Waals surface area contributed by atoms with Crippen LogP contribution in [0.5, 0.6) is 0 Å². The largest absolute Gasteiger partial charge is 0.338 e. The van der Waals surface area contributed by atoms with E-state index >= 15 is 0 Å². The van der Waals surface area contributed by atoms with Crippen molar-refractivity contribution in [2.45, 2.75) is 25.2 Å². The van der Waals surface area contributed by atoms with Crippen LogP contribution < -0.4 is 0 Å². The van der Waals surface area contributed by atoms with Crippen LogP contribution >= 0.6 is 11.8 Å². The zero-order valence-corrected chi connectivity index (χ0v) is 17.4. The Hall–Kier alpha value is -3.00. The van der Waals surface area contributed by atoms with Crippen LogP contribution in [0, 0.1) is 11.6 Å². The second-order valence-corrected chi connectivity index (χ2v) is 7.45. The minimum absolute atomic E-state index is 0.104. The molecule has 0 unspecified atom stereocenters. The van der Waals surface area contributed by atoms with Crippen LogP contribution in [-0.4, -0.2) is 37.9 Å². The first-order valence-corrected chi connectivity index (χ1v) is 10.5. The summed E-state index contributed by atoms with van der Waals surface area (Å²) in [6.45, 7) is 6.82. The number of carbonyl (C=O) groups excluding carboxylic acids is 1. The van der Waals surface area contributed by atoms with E-state index in [2.05, 4.69) is 16.8 Å². The number of hydrogen-bond donors (Lipinski definition) is 0. The molecule has 3 aromatic rings. The smallest absolute Gasteiger partial charge is 0.233 e. The van der Waals surface area contributed by atoms with Gasteiger partial charge in [-0.25, -0.2) is 8.78 Å². The Kier molecular flexibility index (Phi) is 7.35. The van der Waals surface area contributed by atoms with Gasteiger partial charge in [0.15, 0.2) is 11.0 Å². The monoisotopic (exact) mass is 428 g/mol. The molecule has 0 spiro atoms. The summed E-state index contributed by atoms with van der Waals surface area (Å²) in [5, 5.41) is 8.77. The summed E-state index contributed by atoms with van der Waals surface area (Å²) in [6.07, 6.45) is 1.67. The minimum atomic E-state index is -0.393. The Morgan fingerprint density at radius 1 is 1.20 bits per heavy atom. The van der Waals surface area contributed by atoms with Crippen LogP contribution in [-0.2, 0) is 17.9 Å². The highest BCUT2D eigenvalue weighted by Gasteiger charge is 2.19. The number of nitrogens with zero attached hydrogens (tertiary/aromatic N) is 4. The first kappa shape index (κ1) is 21.7. The van der Waals surface area contributed by atoms with Crippen molar-refractivity contribution in [3.05, 3.63) is 78.4 Å². The Labute approximate surface area is 178 Å². The summed E-state index contributed by atoms with van der Waals surface area (Å²) in [4.78, 5) is 14.4. The maximum absolute atomic E-state index is 14.2. The van der Waals surface area contributed by atoms with Gasteiger partial charge in [0.2, 0.25) is 5.91 Å². The van der Waals surface area contributed by atoms with E-state index in [1.807, 2.05) is 6.92 Å². The van der Waals surface area contributed by atoms with Gasteiger partial charge in [-0.15, -0.1) is 16.8 Å². The quantitative estimate of drug-likeness (QED) is 0.371. The van der Waals surface area contributed by atoms with Crippen LogP contribution in [0.4, 0.5) is 8.78 Å². The van der Waals surface area contributed by atoms with Crippen molar-refractivity contribution in [2.24, 2.45) is 0 Å². The third-order valence-corrected chi connectivity index (χ3v) is 5.42. The summed E-state index contributed by atoms with van der Waals surface area (Å²) in [5.41, 5.74) is 1.07. The standard InChI is InChI=1S/C22H22F2N4OS/c1-3-12-28-21(18-10-5-6-11-19(18)24)25-26-22(28)30-15-20(29)27(4-2)14-16-8-7-9-17(23)13-16/h3,5-11,13H,1,4,12,14-15H2,2H3. The van der Waals surface area contributed by atoms with Gasteiger partial charge in [0.1, 0.15) is 11.6 Å². The Morgan fingerprint density at radius 3 is 2.70 bits per heavy atom. The molecule has 0 atom stereocenters. The number of allylic oxidation sites excluding steroid dienone is 1. The van der Waals surface area contributed by atoms with Crippen LogP contribution in [0.2, 0.25) is 0 Å². The molecule has 0 N–H and O–H groups in total. The van der Waals surface area contributed by atoms with Crippen LogP contribution in [0.15, 0.2) is 66.3 Å². The van der Waals surface area contributed by atoms with Crippen molar-refractivity contribution in [2.75, 3.05) is 12.3 Å². The molecule has 156 valence electrons. The van der Waals surface area contributed by atoms with Gasteiger partial charge in [0.25, 0.3) is 0 Å². The predicted octanol–water partition coefficient (Wildman–Crippen LogP) is 4.55. The molecule has 8 heteroatoms. The number of amides is 1. The molecule has 0 saturated heterocycles. The first-order chi connectivity index (χ1) is 14.5. The van der Waals surface area contributed by atoms with Crippen LogP contribution in [0.25, 0.3) is 11.4 Å². The Bertz CT molecular complexity index is 1040. The number of aromatic nitrogens is 3. The summed E-state index contributed by atoms with van der Waals surface area (Å²) < 4.78 is 29.4. The Balaban J connectivity index is 1.73. The molecule has 0 saturated carbocycles. The fourth-order valence-corrected chi connectivity index (χ4v) is 3.83. The predicted molar refractivity (Wildman–Crippen MR) is 114 cm³/mol. The van der Waals surface area contributed by atoms with E-state index in [0.29, 0.717) is 36.2 Å². The molecule has 0 aliphatic carbocycles. The first-order valence-electron chi connectivity index (χ1n) is 9.47. The van der Waals surface area contributed by atoms with Gasteiger partial charge in [0, 0.05) is 19.6 Å². The van der Waals surface area contributed by atoms with Gasteiger partial charge in [0.05, 0.1) is 11.3 Å². The molecule has 0 radical (unpaired) electrons. The van der Waals surface area contributed by atoms with E-state index < -0.39 is 5.82 Å². The van der Waals surface area contributed by atoms with Gasteiger partial charge < -0.3 is 4.90 Å². The number of benzene rings is 2. The van der Waals surface area contributed by atoms with Gasteiger partial charge in [-0.1, -0.05) is 42.1 Å². The van der Waals surface area contributed by atoms with Crippen molar-refractivity contribution in [1.29, 1.82) is 0 Å². The third-order valence-electron chi connectivity index (χ3n) is 4.46. The topological polar surface area (TPSA) is 51.0 Å². The average molecular weight is 429 g/mol. The molecule has 2 aromatic carbocycles. The molecule has 1 amide bonds. The fourth-order valence-electron chi connectivity index (χ4n) is 2.98. The molecule has 0 aliphatic rings. The van der Waals surface area contributed by atoms with Gasteiger partial charge in [-0.3, -0.25) is 9.36 Å². The highest BCUT2D eigenvalue weighted by atomic mass is 32.2. The van der Waals surface area contributed by atoms with Crippen molar-refractivity contribution >= 4 is 17.7 Å². The number of rotatable bonds is 9. The number of halogens is 2. The SMILES string of the molecule is C=CCn1c(SCC(=O)N(CC)Cc2cccc(F)c2)nnc1-c1ccccc1F. The van der Waals surface area contributed by atoms with Crippen molar-refractivity contribution in [3.63, 3.8) is 0 Å². The summed E-state index contributed by atoms with van der Waals surface area (Å²) >= 11 is 1.23. The summed E-state index contributed by atoms with van der Waals surface area (Å²) in [7, 11) is 0.